The predicted molar refractivity (Wildman–Crippen MR) is 69.7 cm³/mol. The number of rotatable bonds is 5. The third-order valence-corrected chi connectivity index (χ3v) is 5.36. The Kier molecular flexibility index (Phi) is 5.46. The molecule has 1 unspecified atom stereocenters. The number of carbonyl (C=O) groups excluding carboxylic acids is 1. The number of hydrogen-bond donors (Lipinski definition) is 0. The van der Waals surface area contributed by atoms with Gasteiger partial charge < -0.3 is 4.74 Å². The maximum atomic E-state index is 11.9. The van der Waals surface area contributed by atoms with Crippen LogP contribution in [0.3, 0.4) is 0 Å². The topological polar surface area (TPSA) is 26.3 Å². The minimum Gasteiger partial charge on any atom is -0.385 e. The molecule has 84 valence electrons. The first-order valence-electron chi connectivity index (χ1n) is 4.54. The molecule has 1 aromatic rings. The number of ketones is 1. The lowest BCUT2D eigenvalue weighted by Gasteiger charge is -2.07. The highest BCUT2D eigenvalue weighted by Gasteiger charge is 2.18. The molecule has 1 rings (SSSR count). The zero-order valence-electron chi connectivity index (χ0n) is 8.55. The van der Waals surface area contributed by atoms with Crippen molar-refractivity contribution in [2.45, 2.75) is 13.3 Å². The molecule has 1 atom stereocenters. The van der Waals surface area contributed by atoms with Crippen LogP contribution in [-0.2, 0) is 4.74 Å². The third kappa shape index (κ3) is 3.66. The zero-order valence-corrected chi connectivity index (χ0v) is 12.5. The van der Waals surface area contributed by atoms with E-state index >= 15 is 0 Å². The number of thiophene rings is 1. The monoisotopic (exact) mass is 354 g/mol. The molecule has 0 spiro atoms. The van der Waals surface area contributed by atoms with Crippen LogP contribution in [0.25, 0.3) is 0 Å². The molecule has 0 radical (unpaired) electrons. The summed E-state index contributed by atoms with van der Waals surface area (Å²) in [5, 5.41) is 0. The van der Waals surface area contributed by atoms with E-state index in [0.717, 1.165) is 19.6 Å². The highest BCUT2D eigenvalue weighted by molar-refractivity contribution is 9.13. The SMILES string of the molecule is COCCC(C)C(=O)c1cc(Br)c(Br)s1. The zero-order chi connectivity index (χ0) is 11.4. The maximum Gasteiger partial charge on any atom is 0.175 e. The highest BCUT2D eigenvalue weighted by atomic mass is 79.9. The van der Waals surface area contributed by atoms with Crippen LogP contribution in [-0.4, -0.2) is 19.5 Å². The minimum atomic E-state index is 0.0161. The van der Waals surface area contributed by atoms with E-state index in [1.54, 1.807) is 7.11 Å². The largest absolute Gasteiger partial charge is 0.385 e. The summed E-state index contributed by atoms with van der Waals surface area (Å²) < 4.78 is 6.86. The molecule has 0 saturated heterocycles. The van der Waals surface area contributed by atoms with Crippen LogP contribution in [0, 0.1) is 5.92 Å². The molecule has 0 aromatic carbocycles. The molecule has 0 saturated carbocycles. The molecule has 0 bridgehead atoms. The normalized spacial score (nSPS) is 12.8. The first kappa shape index (κ1) is 13.4. The summed E-state index contributed by atoms with van der Waals surface area (Å²) in [6.07, 6.45) is 0.766. The molecule has 0 aliphatic rings. The summed E-state index contributed by atoms with van der Waals surface area (Å²) >= 11 is 8.22. The molecule has 0 aliphatic heterocycles. The Morgan fingerprint density at radius 3 is 2.73 bits per heavy atom. The van der Waals surface area contributed by atoms with Gasteiger partial charge in [-0.3, -0.25) is 4.79 Å². The summed E-state index contributed by atoms with van der Waals surface area (Å²) in [5.74, 6) is 0.200. The first-order chi connectivity index (χ1) is 7.06. The molecular weight excluding hydrogens is 344 g/mol. The fraction of sp³-hybridized carbons (Fsp3) is 0.500. The maximum absolute atomic E-state index is 11.9. The van der Waals surface area contributed by atoms with Gasteiger partial charge in [-0.1, -0.05) is 6.92 Å². The van der Waals surface area contributed by atoms with Gasteiger partial charge in [0.2, 0.25) is 0 Å². The predicted octanol–water partition coefficient (Wildman–Crippen LogP) is 4.13. The molecule has 15 heavy (non-hydrogen) atoms. The van der Waals surface area contributed by atoms with Gasteiger partial charge in [-0.15, -0.1) is 11.3 Å². The van der Waals surface area contributed by atoms with Crippen molar-refractivity contribution >= 4 is 49.0 Å². The van der Waals surface area contributed by atoms with E-state index in [1.165, 1.54) is 11.3 Å². The van der Waals surface area contributed by atoms with Crippen molar-refractivity contribution in [3.63, 3.8) is 0 Å². The molecule has 1 heterocycles. The Bertz CT molecular complexity index is 330. The third-order valence-electron chi connectivity index (χ3n) is 2.09. The summed E-state index contributed by atoms with van der Waals surface area (Å²) in [6.45, 7) is 2.56. The fourth-order valence-corrected chi connectivity index (χ4v) is 3.23. The molecule has 2 nitrogen and oxygen atoms in total. The van der Waals surface area contributed by atoms with Gasteiger partial charge in [0, 0.05) is 24.1 Å². The quantitative estimate of drug-likeness (QED) is 0.742. The Morgan fingerprint density at radius 1 is 1.60 bits per heavy atom. The number of halogens is 2. The van der Waals surface area contributed by atoms with Crippen molar-refractivity contribution in [1.29, 1.82) is 0 Å². The van der Waals surface area contributed by atoms with E-state index in [2.05, 4.69) is 31.9 Å². The van der Waals surface area contributed by atoms with Crippen molar-refractivity contribution < 1.29 is 9.53 Å². The van der Waals surface area contributed by atoms with Crippen molar-refractivity contribution in [2.24, 2.45) is 5.92 Å². The fourth-order valence-electron chi connectivity index (χ4n) is 1.14. The summed E-state index contributed by atoms with van der Waals surface area (Å²) in [7, 11) is 1.65. The van der Waals surface area contributed by atoms with Crippen LogP contribution in [0.1, 0.15) is 23.0 Å². The van der Waals surface area contributed by atoms with Gasteiger partial charge in [-0.05, 0) is 44.3 Å². The molecule has 0 N–H and O–H groups in total. The Labute approximate surface area is 110 Å². The lowest BCUT2D eigenvalue weighted by atomic mass is 10.0. The smallest absolute Gasteiger partial charge is 0.175 e. The minimum absolute atomic E-state index is 0.0161. The number of Topliss-reactive ketones (excluding diaryl/α,β-unsaturated/α-hetero) is 1. The molecule has 1 aromatic heterocycles. The van der Waals surface area contributed by atoms with Gasteiger partial charge in [0.15, 0.2) is 5.78 Å². The molecular formula is C10H12Br2O2S. The highest BCUT2D eigenvalue weighted by Crippen LogP contribution is 2.33. The number of hydrogen-bond acceptors (Lipinski definition) is 3. The second-order valence-corrected chi connectivity index (χ2v) is 6.50. The average molecular weight is 356 g/mol. The van der Waals surface area contributed by atoms with Gasteiger partial charge in [0.05, 0.1) is 8.66 Å². The van der Waals surface area contributed by atoms with E-state index < -0.39 is 0 Å². The van der Waals surface area contributed by atoms with Crippen molar-refractivity contribution in [3.05, 3.63) is 19.2 Å². The van der Waals surface area contributed by atoms with E-state index in [1.807, 2.05) is 13.0 Å². The van der Waals surface area contributed by atoms with Crippen molar-refractivity contribution in [2.75, 3.05) is 13.7 Å². The van der Waals surface area contributed by atoms with Gasteiger partial charge in [0.25, 0.3) is 0 Å². The molecule has 0 amide bonds. The van der Waals surface area contributed by atoms with Crippen LogP contribution >= 0.6 is 43.2 Å². The summed E-state index contributed by atoms with van der Waals surface area (Å²) in [5.41, 5.74) is 0. The van der Waals surface area contributed by atoms with E-state index in [4.69, 9.17) is 4.74 Å². The lowest BCUT2D eigenvalue weighted by Crippen LogP contribution is -2.11. The second-order valence-electron chi connectivity index (χ2n) is 3.28. The summed E-state index contributed by atoms with van der Waals surface area (Å²) in [4.78, 5) is 12.7. The van der Waals surface area contributed by atoms with Gasteiger partial charge in [-0.2, -0.15) is 0 Å². The molecule has 5 heteroatoms. The van der Waals surface area contributed by atoms with Crippen LogP contribution in [0.15, 0.2) is 14.3 Å². The van der Waals surface area contributed by atoms with Crippen LogP contribution in [0.4, 0.5) is 0 Å². The van der Waals surface area contributed by atoms with Crippen LogP contribution < -0.4 is 0 Å². The van der Waals surface area contributed by atoms with E-state index in [9.17, 15) is 4.79 Å². The van der Waals surface area contributed by atoms with Crippen LogP contribution in [0.5, 0.6) is 0 Å². The molecule has 0 fully saturated rings. The van der Waals surface area contributed by atoms with E-state index in [-0.39, 0.29) is 11.7 Å². The number of methoxy groups -OCH3 is 1. The Balaban J connectivity index is 2.67. The summed E-state index contributed by atoms with van der Waals surface area (Å²) in [6, 6.07) is 1.86. The molecule has 0 aliphatic carbocycles. The number of ether oxygens (including phenoxy) is 1. The van der Waals surface area contributed by atoms with Gasteiger partial charge in [-0.25, -0.2) is 0 Å². The first-order valence-corrected chi connectivity index (χ1v) is 6.94. The second kappa shape index (κ2) is 6.13. The van der Waals surface area contributed by atoms with E-state index in [0.29, 0.717) is 6.61 Å². The van der Waals surface area contributed by atoms with Gasteiger partial charge in [0.1, 0.15) is 0 Å². The average Bonchev–Trinajstić information content (AvgIpc) is 2.54. The van der Waals surface area contributed by atoms with Crippen molar-refractivity contribution in [1.82, 2.24) is 0 Å². The van der Waals surface area contributed by atoms with Gasteiger partial charge >= 0.3 is 0 Å². The van der Waals surface area contributed by atoms with Crippen LogP contribution in [0.2, 0.25) is 0 Å². The standard InChI is InChI=1S/C10H12Br2O2S/c1-6(3-4-14-2)9(13)8-5-7(11)10(12)15-8/h5-6H,3-4H2,1-2H3. The number of carbonyl (C=O) groups is 1. The van der Waals surface area contributed by atoms with Crippen molar-refractivity contribution in [3.8, 4) is 0 Å². The Morgan fingerprint density at radius 2 is 2.27 bits per heavy atom. The Hall–Kier alpha value is 0.290. The lowest BCUT2D eigenvalue weighted by molar-refractivity contribution is 0.0898.